The monoisotopic (exact) mass is 508 g/mol. The van der Waals surface area contributed by atoms with E-state index in [1.807, 2.05) is 30.3 Å². The SMILES string of the molecule is COc1cc(C(=O)NC[C@H]2O[C@H](OC)[C@H](NC(C)=O)[C@@H](O)[C@@H]2O)cc(Cl)c1OCc1ccccc1. The van der Waals surface area contributed by atoms with E-state index < -0.39 is 42.5 Å². The molecule has 2 amide bonds. The fourth-order valence-electron chi connectivity index (χ4n) is 3.71. The molecule has 1 saturated heterocycles. The Labute approximate surface area is 208 Å². The van der Waals surface area contributed by atoms with Gasteiger partial charge >= 0.3 is 0 Å². The molecular formula is C24H29ClN2O8. The largest absolute Gasteiger partial charge is 0.493 e. The molecule has 1 aliphatic heterocycles. The van der Waals surface area contributed by atoms with E-state index in [0.29, 0.717) is 5.75 Å². The maximum atomic E-state index is 12.8. The number of carbonyl (C=O) groups is 2. The topological polar surface area (TPSA) is 136 Å². The molecule has 1 aliphatic rings. The van der Waals surface area contributed by atoms with E-state index in [1.165, 1.54) is 33.3 Å². The number of hydrogen-bond acceptors (Lipinski definition) is 8. The van der Waals surface area contributed by atoms with Gasteiger partial charge in [0.1, 0.15) is 31.0 Å². The molecule has 0 aromatic heterocycles. The summed E-state index contributed by atoms with van der Waals surface area (Å²) in [6, 6.07) is 11.5. The lowest BCUT2D eigenvalue weighted by atomic mass is 9.96. The molecule has 0 radical (unpaired) electrons. The predicted octanol–water partition coefficient (Wildman–Crippen LogP) is 1.26. The molecule has 0 bridgehead atoms. The number of halogens is 1. The van der Waals surface area contributed by atoms with Gasteiger partial charge in [-0.3, -0.25) is 9.59 Å². The summed E-state index contributed by atoms with van der Waals surface area (Å²) in [7, 11) is 2.78. The molecule has 190 valence electrons. The highest BCUT2D eigenvalue weighted by molar-refractivity contribution is 6.32. The molecule has 3 rings (SSSR count). The second-order valence-corrected chi connectivity index (χ2v) is 8.37. The molecule has 0 unspecified atom stereocenters. The van der Waals surface area contributed by atoms with Crippen LogP contribution in [0, 0.1) is 0 Å². The van der Waals surface area contributed by atoms with Crippen LogP contribution in [0.4, 0.5) is 0 Å². The molecule has 2 aromatic carbocycles. The van der Waals surface area contributed by atoms with Crippen molar-refractivity contribution < 1.29 is 38.7 Å². The number of aliphatic hydroxyl groups excluding tert-OH is 2. The molecule has 1 fully saturated rings. The number of amides is 2. The number of benzene rings is 2. The maximum absolute atomic E-state index is 12.8. The van der Waals surface area contributed by atoms with Crippen LogP contribution in [0.15, 0.2) is 42.5 Å². The quantitative estimate of drug-likeness (QED) is 0.397. The van der Waals surface area contributed by atoms with Crippen LogP contribution in [0.2, 0.25) is 5.02 Å². The average molecular weight is 509 g/mol. The van der Waals surface area contributed by atoms with E-state index >= 15 is 0 Å². The van der Waals surface area contributed by atoms with E-state index in [0.717, 1.165) is 5.56 Å². The molecule has 10 nitrogen and oxygen atoms in total. The van der Waals surface area contributed by atoms with Crippen molar-refractivity contribution in [3.63, 3.8) is 0 Å². The molecule has 4 N–H and O–H groups in total. The number of aliphatic hydroxyl groups is 2. The Morgan fingerprint density at radius 2 is 1.83 bits per heavy atom. The van der Waals surface area contributed by atoms with Crippen LogP contribution in [0.25, 0.3) is 0 Å². The van der Waals surface area contributed by atoms with Crippen LogP contribution in [0.5, 0.6) is 11.5 Å². The third kappa shape index (κ3) is 6.62. The Bertz CT molecular complexity index is 1020. The van der Waals surface area contributed by atoms with Crippen LogP contribution >= 0.6 is 11.6 Å². The standard InChI is InChI=1S/C24H29ClN2O8/c1-13(28)27-19-21(30)20(29)18(35-24(19)33-3)11-26-23(31)15-9-16(25)22(17(10-15)32-2)34-12-14-7-5-4-6-8-14/h4-10,18-21,24,29-30H,11-12H2,1-3H3,(H,26,31)(H,27,28)/t18-,19-,20-,21-,24+/m1/s1. The van der Waals surface area contributed by atoms with Crippen LogP contribution in [0.3, 0.4) is 0 Å². The summed E-state index contributed by atoms with van der Waals surface area (Å²) >= 11 is 6.38. The van der Waals surface area contributed by atoms with E-state index in [4.69, 9.17) is 30.5 Å². The van der Waals surface area contributed by atoms with Gasteiger partial charge in [0.25, 0.3) is 5.91 Å². The van der Waals surface area contributed by atoms with Gasteiger partial charge in [-0.05, 0) is 17.7 Å². The maximum Gasteiger partial charge on any atom is 0.251 e. The Morgan fingerprint density at radius 1 is 1.11 bits per heavy atom. The van der Waals surface area contributed by atoms with Crippen molar-refractivity contribution in [2.24, 2.45) is 0 Å². The van der Waals surface area contributed by atoms with Crippen LogP contribution in [-0.2, 0) is 20.9 Å². The van der Waals surface area contributed by atoms with Crippen molar-refractivity contribution in [1.29, 1.82) is 0 Å². The van der Waals surface area contributed by atoms with Crippen molar-refractivity contribution in [3.8, 4) is 11.5 Å². The molecule has 35 heavy (non-hydrogen) atoms. The Hall–Kier alpha value is -2.89. The first kappa shape index (κ1) is 26.7. The van der Waals surface area contributed by atoms with Crippen LogP contribution in [0.1, 0.15) is 22.8 Å². The van der Waals surface area contributed by atoms with E-state index in [9.17, 15) is 19.8 Å². The number of carbonyl (C=O) groups excluding carboxylic acids is 2. The van der Waals surface area contributed by atoms with Gasteiger partial charge in [0.05, 0.1) is 12.1 Å². The summed E-state index contributed by atoms with van der Waals surface area (Å²) in [5.74, 6) is -0.347. The average Bonchev–Trinajstić information content (AvgIpc) is 2.85. The Morgan fingerprint density at radius 3 is 2.46 bits per heavy atom. The first-order valence-electron chi connectivity index (χ1n) is 10.9. The van der Waals surface area contributed by atoms with Crippen molar-refractivity contribution in [2.75, 3.05) is 20.8 Å². The molecule has 0 saturated carbocycles. The van der Waals surface area contributed by atoms with Crippen molar-refractivity contribution in [2.45, 2.75) is 44.2 Å². The molecular weight excluding hydrogens is 480 g/mol. The lowest BCUT2D eigenvalue weighted by Gasteiger charge is -2.42. The third-order valence-electron chi connectivity index (χ3n) is 5.48. The van der Waals surface area contributed by atoms with Gasteiger partial charge in [-0.2, -0.15) is 0 Å². The zero-order valence-corrected chi connectivity index (χ0v) is 20.3. The molecule has 11 heteroatoms. The van der Waals surface area contributed by atoms with Crippen LogP contribution in [-0.4, -0.2) is 73.4 Å². The summed E-state index contributed by atoms with van der Waals surface area (Å²) in [5.41, 5.74) is 1.14. The Balaban J connectivity index is 1.66. The highest BCUT2D eigenvalue weighted by Crippen LogP contribution is 2.37. The number of rotatable bonds is 9. The van der Waals surface area contributed by atoms with E-state index in [-0.39, 0.29) is 29.5 Å². The van der Waals surface area contributed by atoms with E-state index in [1.54, 1.807) is 0 Å². The lowest BCUT2D eigenvalue weighted by Crippen LogP contribution is -2.65. The summed E-state index contributed by atoms with van der Waals surface area (Å²) in [6.45, 7) is 1.40. The Kier molecular flexibility index (Phi) is 9.30. The fourth-order valence-corrected chi connectivity index (χ4v) is 3.97. The minimum Gasteiger partial charge on any atom is -0.493 e. The highest BCUT2D eigenvalue weighted by atomic mass is 35.5. The molecule has 2 aromatic rings. The zero-order chi connectivity index (χ0) is 25.5. The van der Waals surface area contributed by atoms with Gasteiger partial charge in [-0.25, -0.2) is 0 Å². The number of hydrogen-bond donors (Lipinski definition) is 4. The first-order chi connectivity index (χ1) is 16.7. The number of methoxy groups -OCH3 is 2. The summed E-state index contributed by atoms with van der Waals surface area (Å²) in [6.07, 6.45) is -4.76. The third-order valence-corrected chi connectivity index (χ3v) is 5.77. The highest BCUT2D eigenvalue weighted by Gasteiger charge is 2.45. The molecule has 5 atom stereocenters. The van der Waals surface area contributed by atoms with Crippen molar-refractivity contribution in [1.82, 2.24) is 10.6 Å². The zero-order valence-electron chi connectivity index (χ0n) is 19.6. The fraction of sp³-hybridized carbons (Fsp3) is 0.417. The molecule has 0 spiro atoms. The summed E-state index contributed by atoms with van der Waals surface area (Å²) < 4.78 is 22.0. The second kappa shape index (κ2) is 12.2. The number of nitrogens with one attached hydrogen (secondary N) is 2. The first-order valence-corrected chi connectivity index (χ1v) is 11.3. The van der Waals surface area contributed by atoms with Gasteiger partial charge in [0.15, 0.2) is 17.8 Å². The van der Waals surface area contributed by atoms with Crippen molar-refractivity contribution in [3.05, 3.63) is 58.6 Å². The summed E-state index contributed by atoms with van der Waals surface area (Å²) in [4.78, 5) is 24.2. The lowest BCUT2D eigenvalue weighted by molar-refractivity contribution is -0.254. The van der Waals surface area contributed by atoms with E-state index in [2.05, 4.69) is 10.6 Å². The van der Waals surface area contributed by atoms with Gasteiger partial charge < -0.3 is 39.8 Å². The second-order valence-electron chi connectivity index (χ2n) is 7.96. The van der Waals surface area contributed by atoms with Gasteiger partial charge in [-0.1, -0.05) is 41.9 Å². The van der Waals surface area contributed by atoms with Gasteiger partial charge in [0, 0.05) is 26.1 Å². The molecule has 1 heterocycles. The van der Waals surface area contributed by atoms with Crippen molar-refractivity contribution >= 4 is 23.4 Å². The van der Waals surface area contributed by atoms with Crippen LogP contribution < -0.4 is 20.1 Å². The predicted molar refractivity (Wildman–Crippen MR) is 126 cm³/mol. The molecule has 0 aliphatic carbocycles. The minimum atomic E-state index is -1.38. The minimum absolute atomic E-state index is 0.143. The normalized spacial score (nSPS) is 23.9. The van der Waals surface area contributed by atoms with Gasteiger partial charge in [0.2, 0.25) is 5.91 Å². The smallest absolute Gasteiger partial charge is 0.251 e. The van der Waals surface area contributed by atoms with Gasteiger partial charge in [-0.15, -0.1) is 0 Å². The number of ether oxygens (including phenoxy) is 4. The summed E-state index contributed by atoms with van der Waals surface area (Å²) in [5, 5.41) is 26.2.